The van der Waals surface area contributed by atoms with Gasteiger partial charge in [0.15, 0.2) is 0 Å². The molecule has 3 aromatic carbocycles. The van der Waals surface area contributed by atoms with Crippen LogP contribution in [0, 0.1) is 0 Å². The predicted molar refractivity (Wildman–Crippen MR) is 174 cm³/mol. The van der Waals surface area contributed by atoms with E-state index in [9.17, 15) is 14.4 Å². The lowest BCUT2D eigenvalue weighted by molar-refractivity contribution is -0.154. The molecular weight excluding hydrogens is 599 g/mol. The zero-order valence-electron chi connectivity index (χ0n) is 25.5. The van der Waals surface area contributed by atoms with E-state index in [1.54, 1.807) is 70.5 Å². The molecule has 0 radical (unpaired) electrons. The van der Waals surface area contributed by atoms with Crippen LogP contribution in [0.15, 0.2) is 79.4 Å². The molecule has 0 bridgehead atoms. The molecule has 0 spiro atoms. The van der Waals surface area contributed by atoms with E-state index in [1.165, 1.54) is 0 Å². The molecule has 1 aliphatic heterocycles. The summed E-state index contributed by atoms with van der Waals surface area (Å²) in [5.74, 6) is -0.511. The third-order valence-corrected chi connectivity index (χ3v) is 7.75. The smallest absolute Gasteiger partial charge is 0.306 e. The number of nitrogens with zero attached hydrogens (tertiary/aromatic N) is 2. The molecule has 9 heteroatoms. The topological polar surface area (TPSA) is 76.1 Å². The average Bonchev–Trinajstić information content (AvgIpc) is 3.06. The summed E-state index contributed by atoms with van der Waals surface area (Å²) in [6.07, 6.45) is 2.86. The minimum absolute atomic E-state index is 0.184. The maximum absolute atomic E-state index is 14.8. The third-order valence-electron chi connectivity index (χ3n) is 7.27. The number of ether oxygens (including phenoxy) is 2. The van der Waals surface area contributed by atoms with E-state index in [-0.39, 0.29) is 30.8 Å². The summed E-state index contributed by atoms with van der Waals surface area (Å²) in [6.45, 7) is 11.6. The Bertz CT molecular complexity index is 1520. The van der Waals surface area contributed by atoms with Gasteiger partial charge in [0.1, 0.15) is 24.0 Å². The van der Waals surface area contributed by atoms with Crippen LogP contribution in [0.4, 0.5) is 5.69 Å². The normalized spacial score (nSPS) is 15.8. The van der Waals surface area contributed by atoms with Crippen LogP contribution in [0.1, 0.15) is 80.5 Å². The lowest BCUT2D eigenvalue weighted by Crippen LogP contribution is -2.44. The van der Waals surface area contributed by atoms with E-state index >= 15 is 0 Å². The Morgan fingerprint density at radius 2 is 1.68 bits per heavy atom. The Morgan fingerprint density at radius 3 is 2.36 bits per heavy atom. The highest BCUT2D eigenvalue weighted by molar-refractivity contribution is 6.31. The number of carbonyl (C=O) groups is 3. The molecule has 0 saturated carbocycles. The molecule has 0 fully saturated rings. The molecule has 0 unspecified atom stereocenters. The van der Waals surface area contributed by atoms with Crippen molar-refractivity contribution in [3.8, 4) is 5.75 Å². The molecule has 0 N–H and O–H groups in total. The van der Waals surface area contributed by atoms with Crippen LogP contribution in [0.2, 0.25) is 10.0 Å². The number of hydrogen-bond acceptors (Lipinski definition) is 5. The highest BCUT2D eigenvalue weighted by atomic mass is 35.5. The Hall–Kier alpha value is -3.81. The number of anilines is 1. The molecule has 0 saturated heterocycles. The van der Waals surface area contributed by atoms with Crippen molar-refractivity contribution in [2.75, 3.05) is 18.1 Å². The Balaban J connectivity index is 1.79. The van der Waals surface area contributed by atoms with Crippen molar-refractivity contribution in [2.45, 2.75) is 64.6 Å². The van der Waals surface area contributed by atoms with E-state index in [1.807, 2.05) is 39.8 Å². The van der Waals surface area contributed by atoms with Crippen LogP contribution in [-0.4, -0.2) is 41.4 Å². The first-order valence-electron chi connectivity index (χ1n) is 14.6. The van der Waals surface area contributed by atoms with Crippen molar-refractivity contribution in [1.82, 2.24) is 4.90 Å². The summed E-state index contributed by atoms with van der Waals surface area (Å²) in [5.41, 5.74) is 1.66. The summed E-state index contributed by atoms with van der Waals surface area (Å²) >= 11 is 12.5. The molecule has 0 aliphatic carbocycles. The van der Waals surface area contributed by atoms with E-state index in [4.69, 9.17) is 32.7 Å². The van der Waals surface area contributed by atoms with Crippen LogP contribution in [0.25, 0.3) is 0 Å². The highest BCUT2D eigenvalue weighted by Crippen LogP contribution is 2.43. The van der Waals surface area contributed by atoms with Gasteiger partial charge < -0.3 is 19.3 Å². The van der Waals surface area contributed by atoms with Gasteiger partial charge in [-0.2, -0.15) is 0 Å². The zero-order chi connectivity index (χ0) is 32.0. The number of rotatable bonds is 11. The SMILES string of the molecule is C=CCOc1cc(Cl)ccc1[C@H]1C(=O)N(CCCCC(=O)OC(C)(C)C)c2ccccc2C(=O)N1[C@H](C)c1ccc(Cl)cc1. The number of unbranched alkanes of at least 4 members (excludes halogenated alkanes) is 1. The number of esters is 1. The number of hydrogen-bond donors (Lipinski definition) is 0. The van der Waals surface area contributed by atoms with E-state index < -0.39 is 17.7 Å². The zero-order valence-corrected chi connectivity index (χ0v) is 27.0. The number of para-hydroxylation sites is 1. The number of fused-ring (bicyclic) bond motifs is 1. The first kappa shape index (κ1) is 33.1. The summed E-state index contributed by atoms with van der Waals surface area (Å²) in [6, 6.07) is 17.8. The summed E-state index contributed by atoms with van der Waals surface area (Å²) in [5, 5.41) is 0.997. The van der Waals surface area contributed by atoms with Crippen molar-refractivity contribution < 1.29 is 23.9 Å². The van der Waals surface area contributed by atoms with Gasteiger partial charge in [-0.15, -0.1) is 0 Å². The molecule has 0 aromatic heterocycles. The van der Waals surface area contributed by atoms with Crippen molar-refractivity contribution in [3.63, 3.8) is 0 Å². The van der Waals surface area contributed by atoms with Crippen molar-refractivity contribution in [1.29, 1.82) is 0 Å². The molecular formula is C35H38Cl2N2O5. The van der Waals surface area contributed by atoms with Crippen LogP contribution in [0.3, 0.4) is 0 Å². The van der Waals surface area contributed by atoms with Crippen LogP contribution in [-0.2, 0) is 14.3 Å². The minimum Gasteiger partial charge on any atom is -0.489 e. The second-order valence-corrected chi connectivity index (χ2v) is 12.5. The van der Waals surface area contributed by atoms with E-state index in [0.717, 1.165) is 5.56 Å². The van der Waals surface area contributed by atoms with Gasteiger partial charge in [-0.05, 0) is 82.5 Å². The molecule has 7 nitrogen and oxygen atoms in total. The summed E-state index contributed by atoms with van der Waals surface area (Å²) in [4.78, 5) is 44.9. The van der Waals surface area contributed by atoms with Gasteiger partial charge in [-0.1, -0.05) is 66.2 Å². The number of benzene rings is 3. The lowest BCUT2D eigenvalue weighted by Gasteiger charge is -2.36. The van der Waals surface area contributed by atoms with Gasteiger partial charge in [-0.3, -0.25) is 14.4 Å². The fourth-order valence-corrected chi connectivity index (χ4v) is 5.57. The molecule has 2 amide bonds. The van der Waals surface area contributed by atoms with Crippen LogP contribution >= 0.6 is 23.2 Å². The molecule has 1 aliphatic rings. The summed E-state index contributed by atoms with van der Waals surface area (Å²) < 4.78 is 11.4. The van der Waals surface area contributed by atoms with Crippen LogP contribution in [0.5, 0.6) is 5.75 Å². The minimum atomic E-state index is -1.05. The third kappa shape index (κ3) is 7.82. The average molecular weight is 638 g/mol. The molecule has 1 heterocycles. The molecule has 3 aromatic rings. The Kier molecular flexibility index (Phi) is 10.8. The molecule has 232 valence electrons. The van der Waals surface area contributed by atoms with Crippen LogP contribution < -0.4 is 9.64 Å². The standard InChI is InChI=1S/C35H38Cl2N2O5/c1-6-21-43-30-22-26(37)18-19-28(30)32-34(42)38(20-10-9-13-31(40)44-35(3,4)5)29-12-8-7-11-27(29)33(41)39(32)23(2)24-14-16-25(36)17-15-24/h6-8,11-12,14-19,22-23,32H,1,9-10,13,20-21H2,2-5H3/t23-,32+/m1/s1. The largest absolute Gasteiger partial charge is 0.489 e. The quantitative estimate of drug-likeness (QED) is 0.120. The second-order valence-electron chi connectivity index (χ2n) is 11.7. The van der Waals surface area contributed by atoms with Crippen molar-refractivity contribution in [2.24, 2.45) is 0 Å². The van der Waals surface area contributed by atoms with Gasteiger partial charge >= 0.3 is 5.97 Å². The van der Waals surface area contributed by atoms with E-state index in [0.29, 0.717) is 52.0 Å². The highest BCUT2D eigenvalue weighted by Gasteiger charge is 2.44. The van der Waals surface area contributed by atoms with Gasteiger partial charge in [0.2, 0.25) is 0 Å². The number of halogens is 2. The maximum Gasteiger partial charge on any atom is 0.306 e. The second kappa shape index (κ2) is 14.3. The van der Waals surface area contributed by atoms with Gasteiger partial charge in [0, 0.05) is 28.6 Å². The van der Waals surface area contributed by atoms with Crippen molar-refractivity contribution >= 4 is 46.7 Å². The van der Waals surface area contributed by atoms with E-state index in [2.05, 4.69) is 6.58 Å². The molecule has 4 rings (SSSR count). The van der Waals surface area contributed by atoms with Gasteiger partial charge in [0.05, 0.1) is 17.3 Å². The Labute approximate surface area is 269 Å². The maximum atomic E-state index is 14.8. The first-order valence-corrected chi connectivity index (χ1v) is 15.4. The van der Waals surface area contributed by atoms with Gasteiger partial charge in [-0.25, -0.2) is 0 Å². The fraction of sp³-hybridized carbons (Fsp3) is 0.343. The number of amides is 2. The van der Waals surface area contributed by atoms with Crippen molar-refractivity contribution in [3.05, 3.63) is 106 Å². The lowest BCUT2D eigenvalue weighted by atomic mass is 9.97. The first-order chi connectivity index (χ1) is 20.9. The monoisotopic (exact) mass is 636 g/mol. The fourth-order valence-electron chi connectivity index (χ4n) is 5.29. The molecule has 44 heavy (non-hydrogen) atoms. The predicted octanol–water partition coefficient (Wildman–Crippen LogP) is 8.36. The summed E-state index contributed by atoms with van der Waals surface area (Å²) in [7, 11) is 0. The Morgan fingerprint density at radius 1 is 1.00 bits per heavy atom. The van der Waals surface area contributed by atoms with Gasteiger partial charge in [0.25, 0.3) is 11.8 Å². The number of carbonyl (C=O) groups excluding carboxylic acids is 3. The molecule has 2 atom stereocenters.